The molecule has 1 saturated carbocycles. The molecule has 0 aliphatic heterocycles. The minimum Gasteiger partial charge on any atom is -0.357 e. The molecule has 0 spiro atoms. The van der Waals surface area contributed by atoms with Crippen molar-refractivity contribution in [3.8, 4) is 0 Å². The molecule has 2 N–H and O–H groups in total. The summed E-state index contributed by atoms with van der Waals surface area (Å²) in [6, 6.07) is 5.30. The second-order valence-electron chi connectivity index (χ2n) is 5.55. The summed E-state index contributed by atoms with van der Waals surface area (Å²) in [6.45, 7) is 3.75. The van der Waals surface area contributed by atoms with Crippen LogP contribution in [0.1, 0.15) is 37.3 Å². The summed E-state index contributed by atoms with van der Waals surface area (Å²) >= 11 is 0. The molecular formula is C16H22F3N3. The normalized spacial score (nSPS) is 15.7. The van der Waals surface area contributed by atoms with Crippen molar-refractivity contribution in [1.82, 2.24) is 10.6 Å². The van der Waals surface area contributed by atoms with Crippen LogP contribution in [-0.4, -0.2) is 19.0 Å². The number of rotatable bonds is 6. The summed E-state index contributed by atoms with van der Waals surface area (Å²) in [5, 5.41) is 6.33. The van der Waals surface area contributed by atoms with Gasteiger partial charge in [0.1, 0.15) is 0 Å². The molecule has 1 aliphatic rings. The highest BCUT2D eigenvalue weighted by Crippen LogP contribution is 2.31. The first-order chi connectivity index (χ1) is 10.5. The van der Waals surface area contributed by atoms with Crippen LogP contribution in [0.2, 0.25) is 0 Å². The van der Waals surface area contributed by atoms with Crippen LogP contribution in [0.5, 0.6) is 0 Å². The molecule has 0 heterocycles. The third kappa shape index (κ3) is 5.58. The van der Waals surface area contributed by atoms with Crippen LogP contribution in [0.4, 0.5) is 13.2 Å². The minimum atomic E-state index is -4.31. The Kier molecular flexibility index (Phi) is 5.69. The van der Waals surface area contributed by atoms with E-state index < -0.39 is 11.7 Å². The van der Waals surface area contributed by atoms with Gasteiger partial charge in [0.15, 0.2) is 5.96 Å². The second-order valence-corrected chi connectivity index (χ2v) is 5.55. The van der Waals surface area contributed by atoms with Gasteiger partial charge in [-0.05, 0) is 37.0 Å². The maximum atomic E-state index is 12.7. The summed E-state index contributed by atoms with van der Waals surface area (Å²) in [5.41, 5.74) is -0.0823. The lowest BCUT2D eigenvalue weighted by Gasteiger charge is -2.11. The molecule has 0 aromatic heterocycles. The number of nitrogens with one attached hydrogen (secondary N) is 2. The molecule has 0 radical (unpaired) electrons. The van der Waals surface area contributed by atoms with Gasteiger partial charge in [0.05, 0.1) is 12.1 Å². The van der Waals surface area contributed by atoms with Crippen molar-refractivity contribution in [2.24, 2.45) is 10.9 Å². The predicted molar refractivity (Wildman–Crippen MR) is 81.6 cm³/mol. The van der Waals surface area contributed by atoms with Crippen molar-refractivity contribution in [3.63, 3.8) is 0 Å². The average Bonchev–Trinajstić information content (AvgIpc) is 3.28. The fourth-order valence-corrected chi connectivity index (χ4v) is 2.16. The summed E-state index contributed by atoms with van der Waals surface area (Å²) in [5.74, 6) is 1.49. The van der Waals surface area contributed by atoms with Crippen LogP contribution in [0.25, 0.3) is 0 Å². The maximum Gasteiger partial charge on any atom is 0.416 e. The zero-order valence-corrected chi connectivity index (χ0v) is 12.7. The van der Waals surface area contributed by atoms with Gasteiger partial charge in [-0.3, -0.25) is 0 Å². The van der Waals surface area contributed by atoms with E-state index in [4.69, 9.17) is 0 Å². The number of alkyl halides is 3. The van der Waals surface area contributed by atoms with Gasteiger partial charge < -0.3 is 10.6 Å². The molecular weight excluding hydrogens is 291 g/mol. The topological polar surface area (TPSA) is 36.4 Å². The van der Waals surface area contributed by atoms with E-state index >= 15 is 0 Å². The average molecular weight is 313 g/mol. The molecule has 0 bridgehead atoms. The van der Waals surface area contributed by atoms with Gasteiger partial charge in [-0.15, -0.1) is 0 Å². The maximum absolute atomic E-state index is 12.7. The zero-order valence-electron chi connectivity index (χ0n) is 12.7. The van der Waals surface area contributed by atoms with E-state index in [0.717, 1.165) is 37.6 Å². The fourth-order valence-electron chi connectivity index (χ4n) is 2.16. The molecule has 0 atom stereocenters. The summed E-state index contributed by atoms with van der Waals surface area (Å²) in [4.78, 5) is 4.35. The Bertz CT molecular complexity index is 508. The third-order valence-corrected chi connectivity index (χ3v) is 3.56. The van der Waals surface area contributed by atoms with Crippen molar-refractivity contribution >= 4 is 5.96 Å². The quantitative estimate of drug-likeness (QED) is 0.622. The van der Waals surface area contributed by atoms with Crippen LogP contribution in [-0.2, 0) is 12.7 Å². The Morgan fingerprint density at radius 2 is 2.05 bits per heavy atom. The standard InChI is InChI=1S/C16H22F3N3/c1-2-20-15(21-9-8-12-6-7-12)22-11-13-4-3-5-14(10-13)16(17,18)19/h3-5,10,12H,2,6-9,11H2,1H3,(H2,20,21,22). The first kappa shape index (κ1) is 16.6. The van der Waals surface area contributed by atoms with Crippen molar-refractivity contribution in [3.05, 3.63) is 35.4 Å². The monoisotopic (exact) mass is 313 g/mol. The Morgan fingerprint density at radius 1 is 1.27 bits per heavy atom. The van der Waals surface area contributed by atoms with Gasteiger partial charge >= 0.3 is 6.18 Å². The van der Waals surface area contributed by atoms with Gasteiger partial charge in [-0.2, -0.15) is 13.2 Å². The van der Waals surface area contributed by atoms with Crippen molar-refractivity contribution < 1.29 is 13.2 Å². The van der Waals surface area contributed by atoms with Crippen LogP contribution in [0.15, 0.2) is 29.3 Å². The predicted octanol–water partition coefficient (Wildman–Crippen LogP) is 3.56. The van der Waals surface area contributed by atoms with E-state index in [0.29, 0.717) is 11.5 Å². The van der Waals surface area contributed by atoms with E-state index in [2.05, 4.69) is 15.6 Å². The third-order valence-electron chi connectivity index (χ3n) is 3.56. The Labute approximate surface area is 129 Å². The lowest BCUT2D eigenvalue weighted by atomic mass is 10.1. The lowest BCUT2D eigenvalue weighted by molar-refractivity contribution is -0.137. The summed E-state index contributed by atoms with van der Waals surface area (Å²) < 4.78 is 38.0. The molecule has 2 rings (SSSR count). The molecule has 1 aromatic carbocycles. The number of aliphatic imine (C=N–C) groups is 1. The zero-order chi connectivity index (χ0) is 16.0. The van der Waals surface area contributed by atoms with E-state index in [1.807, 2.05) is 6.92 Å². The van der Waals surface area contributed by atoms with E-state index in [1.54, 1.807) is 6.07 Å². The van der Waals surface area contributed by atoms with Gasteiger partial charge in [-0.1, -0.05) is 25.0 Å². The molecule has 0 unspecified atom stereocenters. The van der Waals surface area contributed by atoms with Crippen LogP contribution >= 0.6 is 0 Å². The molecule has 6 heteroatoms. The first-order valence-corrected chi connectivity index (χ1v) is 7.67. The molecule has 3 nitrogen and oxygen atoms in total. The first-order valence-electron chi connectivity index (χ1n) is 7.67. The number of hydrogen-bond donors (Lipinski definition) is 2. The summed E-state index contributed by atoms with van der Waals surface area (Å²) in [7, 11) is 0. The lowest BCUT2D eigenvalue weighted by Crippen LogP contribution is -2.37. The smallest absolute Gasteiger partial charge is 0.357 e. The Morgan fingerprint density at radius 3 is 2.68 bits per heavy atom. The van der Waals surface area contributed by atoms with Crippen LogP contribution in [0, 0.1) is 5.92 Å². The number of hydrogen-bond acceptors (Lipinski definition) is 1. The van der Waals surface area contributed by atoms with Crippen molar-refractivity contribution in [2.75, 3.05) is 13.1 Å². The number of nitrogens with zero attached hydrogens (tertiary/aromatic N) is 1. The van der Waals surface area contributed by atoms with Gasteiger partial charge in [-0.25, -0.2) is 4.99 Å². The number of benzene rings is 1. The SMILES string of the molecule is CCNC(=NCc1cccc(C(F)(F)F)c1)NCCC1CC1. The molecule has 1 aromatic rings. The van der Waals surface area contributed by atoms with Gasteiger partial charge in [0.25, 0.3) is 0 Å². The highest BCUT2D eigenvalue weighted by molar-refractivity contribution is 5.79. The van der Waals surface area contributed by atoms with Gasteiger partial charge in [0, 0.05) is 13.1 Å². The van der Waals surface area contributed by atoms with Crippen molar-refractivity contribution in [1.29, 1.82) is 0 Å². The summed E-state index contributed by atoms with van der Waals surface area (Å²) in [6.07, 6.45) is -0.583. The second kappa shape index (κ2) is 7.51. The van der Waals surface area contributed by atoms with Gasteiger partial charge in [0.2, 0.25) is 0 Å². The number of guanidine groups is 1. The van der Waals surface area contributed by atoms with Crippen LogP contribution < -0.4 is 10.6 Å². The Balaban J connectivity index is 1.93. The molecule has 22 heavy (non-hydrogen) atoms. The minimum absolute atomic E-state index is 0.225. The van der Waals surface area contributed by atoms with E-state index in [9.17, 15) is 13.2 Å². The van der Waals surface area contributed by atoms with E-state index in [-0.39, 0.29) is 6.54 Å². The van der Waals surface area contributed by atoms with Crippen molar-refractivity contribution in [2.45, 2.75) is 38.9 Å². The fraction of sp³-hybridized carbons (Fsp3) is 0.562. The highest BCUT2D eigenvalue weighted by Gasteiger charge is 2.30. The highest BCUT2D eigenvalue weighted by atomic mass is 19.4. The largest absolute Gasteiger partial charge is 0.416 e. The Hall–Kier alpha value is -1.72. The molecule has 1 aliphatic carbocycles. The molecule has 0 saturated heterocycles. The molecule has 0 amide bonds. The molecule has 122 valence electrons. The van der Waals surface area contributed by atoms with E-state index in [1.165, 1.54) is 18.9 Å². The van der Waals surface area contributed by atoms with Crippen LogP contribution in [0.3, 0.4) is 0 Å². The molecule has 1 fully saturated rings. The number of halogens is 3.